The van der Waals surface area contributed by atoms with Gasteiger partial charge in [-0.2, -0.15) is 0 Å². The molecular weight excluding hydrogens is 260 g/mol. The van der Waals surface area contributed by atoms with Crippen LogP contribution in [0.1, 0.15) is 65.2 Å². The van der Waals surface area contributed by atoms with Crippen LogP contribution in [0.25, 0.3) is 0 Å². The van der Waals surface area contributed by atoms with Crippen LogP contribution in [0.2, 0.25) is 0 Å². The van der Waals surface area contributed by atoms with Crippen LogP contribution in [0.3, 0.4) is 0 Å². The molecule has 2 fully saturated rings. The highest BCUT2D eigenvalue weighted by atomic mass is 16.5. The molecule has 1 aliphatic carbocycles. The van der Waals surface area contributed by atoms with Gasteiger partial charge in [-0.15, -0.1) is 0 Å². The van der Waals surface area contributed by atoms with Crippen LogP contribution >= 0.6 is 0 Å². The summed E-state index contributed by atoms with van der Waals surface area (Å²) in [5, 5.41) is 3.84. The van der Waals surface area contributed by atoms with Crippen LogP contribution < -0.4 is 5.32 Å². The summed E-state index contributed by atoms with van der Waals surface area (Å²) >= 11 is 0. The summed E-state index contributed by atoms with van der Waals surface area (Å²) in [4.78, 5) is 2.83. The fourth-order valence-electron chi connectivity index (χ4n) is 4.32. The van der Waals surface area contributed by atoms with E-state index in [2.05, 4.69) is 24.1 Å². The summed E-state index contributed by atoms with van der Waals surface area (Å²) in [5.41, 5.74) is 0. The standard InChI is InChI=1S/C18H36N2O/c1-4-8-17-14-20(15(2)11-12-21-3)18(13-19-17)16-9-6-5-7-10-16/h15-19H,4-14H2,1-3H3. The van der Waals surface area contributed by atoms with Crippen molar-refractivity contribution in [1.29, 1.82) is 0 Å². The molecule has 1 N–H and O–H groups in total. The molecular formula is C18H36N2O. The van der Waals surface area contributed by atoms with E-state index in [1.807, 2.05) is 7.11 Å². The first-order chi connectivity index (χ1) is 10.3. The molecule has 1 heterocycles. The van der Waals surface area contributed by atoms with Gasteiger partial charge in [0.1, 0.15) is 0 Å². The Hall–Kier alpha value is -0.120. The van der Waals surface area contributed by atoms with Crippen molar-refractivity contribution in [1.82, 2.24) is 10.2 Å². The molecule has 2 rings (SSSR count). The molecule has 0 spiro atoms. The van der Waals surface area contributed by atoms with Crippen molar-refractivity contribution in [2.45, 2.75) is 83.3 Å². The van der Waals surface area contributed by atoms with Gasteiger partial charge in [0.05, 0.1) is 0 Å². The number of nitrogens with one attached hydrogen (secondary N) is 1. The maximum absolute atomic E-state index is 5.32. The zero-order valence-corrected chi connectivity index (χ0v) is 14.4. The summed E-state index contributed by atoms with van der Waals surface area (Å²) < 4.78 is 5.32. The van der Waals surface area contributed by atoms with E-state index >= 15 is 0 Å². The molecule has 3 heteroatoms. The highest BCUT2D eigenvalue weighted by Gasteiger charge is 2.35. The minimum Gasteiger partial charge on any atom is -0.385 e. The maximum Gasteiger partial charge on any atom is 0.0477 e. The number of methoxy groups -OCH3 is 1. The van der Waals surface area contributed by atoms with Crippen molar-refractivity contribution < 1.29 is 4.74 Å². The molecule has 0 aromatic rings. The molecule has 0 bridgehead atoms. The third kappa shape index (κ3) is 4.94. The van der Waals surface area contributed by atoms with Crippen molar-refractivity contribution in [2.24, 2.45) is 5.92 Å². The predicted octanol–water partition coefficient (Wildman–Crippen LogP) is 3.43. The van der Waals surface area contributed by atoms with Gasteiger partial charge in [0.25, 0.3) is 0 Å². The first-order valence-corrected chi connectivity index (χ1v) is 9.24. The Labute approximate surface area is 131 Å². The topological polar surface area (TPSA) is 24.5 Å². The minimum absolute atomic E-state index is 0.651. The van der Waals surface area contributed by atoms with Gasteiger partial charge >= 0.3 is 0 Å². The van der Waals surface area contributed by atoms with Crippen LogP contribution in [0.4, 0.5) is 0 Å². The summed E-state index contributed by atoms with van der Waals surface area (Å²) in [6.45, 7) is 8.03. The summed E-state index contributed by atoms with van der Waals surface area (Å²) in [6.07, 6.45) is 11.0. The highest BCUT2D eigenvalue weighted by molar-refractivity contribution is 4.93. The van der Waals surface area contributed by atoms with E-state index in [1.54, 1.807) is 0 Å². The average molecular weight is 296 g/mol. The smallest absolute Gasteiger partial charge is 0.0477 e. The Morgan fingerprint density at radius 3 is 2.67 bits per heavy atom. The SMILES string of the molecule is CCCC1CN(C(C)CCOC)C(C2CCCCC2)CN1. The number of piperazine rings is 1. The van der Waals surface area contributed by atoms with E-state index < -0.39 is 0 Å². The van der Waals surface area contributed by atoms with E-state index in [9.17, 15) is 0 Å². The van der Waals surface area contributed by atoms with E-state index in [4.69, 9.17) is 4.74 Å². The number of ether oxygens (including phenoxy) is 1. The van der Waals surface area contributed by atoms with Crippen molar-refractivity contribution in [3.05, 3.63) is 0 Å². The van der Waals surface area contributed by atoms with Gasteiger partial charge in [-0.1, -0.05) is 32.6 Å². The highest BCUT2D eigenvalue weighted by Crippen LogP contribution is 2.31. The molecule has 3 unspecified atom stereocenters. The fraction of sp³-hybridized carbons (Fsp3) is 1.00. The van der Waals surface area contributed by atoms with Crippen molar-refractivity contribution in [3.63, 3.8) is 0 Å². The van der Waals surface area contributed by atoms with Gasteiger partial charge in [-0.25, -0.2) is 0 Å². The Bertz CT molecular complexity index is 278. The molecule has 21 heavy (non-hydrogen) atoms. The van der Waals surface area contributed by atoms with Crippen LogP contribution in [-0.4, -0.2) is 49.8 Å². The van der Waals surface area contributed by atoms with Crippen molar-refractivity contribution >= 4 is 0 Å². The zero-order chi connectivity index (χ0) is 15.1. The lowest BCUT2D eigenvalue weighted by molar-refractivity contribution is 0.0276. The summed E-state index contributed by atoms with van der Waals surface area (Å²) in [7, 11) is 1.82. The predicted molar refractivity (Wildman–Crippen MR) is 89.7 cm³/mol. The van der Waals surface area contributed by atoms with Gasteiger partial charge in [0, 0.05) is 44.9 Å². The van der Waals surface area contributed by atoms with Crippen LogP contribution in [0.5, 0.6) is 0 Å². The molecule has 1 saturated carbocycles. The van der Waals surface area contributed by atoms with Gasteiger partial charge in [0.2, 0.25) is 0 Å². The third-order valence-corrected chi connectivity index (χ3v) is 5.61. The number of hydrogen-bond donors (Lipinski definition) is 1. The monoisotopic (exact) mass is 296 g/mol. The normalized spacial score (nSPS) is 30.4. The van der Waals surface area contributed by atoms with E-state index in [0.717, 1.165) is 18.6 Å². The van der Waals surface area contributed by atoms with Crippen molar-refractivity contribution in [2.75, 3.05) is 26.8 Å². The number of nitrogens with zero attached hydrogens (tertiary/aromatic N) is 1. The van der Waals surface area contributed by atoms with Gasteiger partial charge < -0.3 is 10.1 Å². The molecule has 124 valence electrons. The average Bonchev–Trinajstić information content (AvgIpc) is 2.53. The minimum atomic E-state index is 0.651. The third-order valence-electron chi connectivity index (χ3n) is 5.61. The number of rotatable bonds is 7. The second kappa shape index (κ2) is 9.12. The van der Waals surface area contributed by atoms with Crippen molar-refractivity contribution in [3.8, 4) is 0 Å². The summed E-state index contributed by atoms with van der Waals surface area (Å²) in [6, 6.07) is 2.10. The lowest BCUT2D eigenvalue weighted by Gasteiger charge is -2.48. The molecule has 1 aliphatic heterocycles. The van der Waals surface area contributed by atoms with Crippen LogP contribution in [0, 0.1) is 5.92 Å². The van der Waals surface area contributed by atoms with Gasteiger partial charge in [-0.3, -0.25) is 4.90 Å². The molecule has 0 aromatic carbocycles. The number of hydrogen-bond acceptors (Lipinski definition) is 3. The molecule has 1 saturated heterocycles. The summed E-state index contributed by atoms with van der Waals surface area (Å²) in [5.74, 6) is 0.916. The van der Waals surface area contributed by atoms with E-state index in [-0.39, 0.29) is 0 Å². The molecule has 2 aliphatic rings. The second-order valence-corrected chi connectivity index (χ2v) is 7.19. The van der Waals surface area contributed by atoms with E-state index in [1.165, 1.54) is 64.5 Å². The van der Waals surface area contributed by atoms with Crippen LogP contribution in [0.15, 0.2) is 0 Å². The van der Waals surface area contributed by atoms with E-state index in [0.29, 0.717) is 12.1 Å². The molecule has 3 atom stereocenters. The lowest BCUT2D eigenvalue weighted by atomic mass is 9.81. The fourth-order valence-corrected chi connectivity index (χ4v) is 4.32. The maximum atomic E-state index is 5.32. The quantitative estimate of drug-likeness (QED) is 0.779. The first-order valence-electron chi connectivity index (χ1n) is 9.24. The largest absolute Gasteiger partial charge is 0.385 e. The van der Waals surface area contributed by atoms with Gasteiger partial charge in [-0.05, 0) is 38.5 Å². The second-order valence-electron chi connectivity index (χ2n) is 7.19. The Balaban J connectivity index is 1.98. The molecule has 0 amide bonds. The Morgan fingerprint density at radius 2 is 2.00 bits per heavy atom. The first kappa shape index (κ1) is 17.2. The molecule has 3 nitrogen and oxygen atoms in total. The molecule has 0 radical (unpaired) electrons. The van der Waals surface area contributed by atoms with Gasteiger partial charge in [0.15, 0.2) is 0 Å². The zero-order valence-electron chi connectivity index (χ0n) is 14.4. The Kier molecular flexibility index (Phi) is 7.48. The lowest BCUT2D eigenvalue weighted by Crippen LogP contribution is -2.61. The Morgan fingerprint density at radius 1 is 1.24 bits per heavy atom. The molecule has 0 aromatic heterocycles. The van der Waals surface area contributed by atoms with Crippen LogP contribution in [-0.2, 0) is 4.74 Å².